The van der Waals surface area contributed by atoms with E-state index in [2.05, 4.69) is 4.98 Å². The van der Waals surface area contributed by atoms with Crippen molar-refractivity contribution >= 4 is 28.6 Å². The number of nitro benzene ring substituents is 1. The van der Waals surface area contributed by atoms with Gasteiger partial charge >= 0.3 is 11.7 Å². The lowest BCUT2D eigenvalue weighted by Gasteiger charge is -2.06. The van der Waals surface area contributed by atoms with Crippen LogP contribution in [0.3, 0.4) is 0 Å². The molecule has 0 radical (unpaired) electrons. The normalized spacial score (nSPS) is 10.8. The summed E-state index contributed by atoms with van der Waals surface area (Å²) in [4.78, 5) is 26.9. The summed E-state index contributed by atoms with van der Waals surface area (Å²) in [7, 11) is 1.56. The molecule has 0 atom stereocenters. The molecule has 0 spiro atoms. The lowest BCUT2D eigenvalue weighted by atomic mass is 10.2. The van der Waals surface area contributed by atoms with E-state index in [-0.39, 0.29) is 17.0 Å². The van der Waals surface area contributed by atoms with Crippen LogP contribution in [0.5, 0.6) is 11.5 Å². The minimum atomic E-state index is -0.734. The molecule has 0 aliphatic carbocycles. The lowest BCUT2D eigenvalue weighted by molar-refractivity contribution is -0.385. The van der Waals surface area contributed by atoms with Gasteiger partial charge < -0.3 is 9.47 Å². The monoisotopic (exact) mass is 350 g/mol. The van der Waals surface area contributed by atoms with Crippen LogP contribution in [0.15, 0.2) is 60.8 Å². The third-order valence-electron chi connectivity index (χ3n) is 3.63. The molecule has 130 valence electrons. The number of carbonyl (C=O) groups is 1. The zero-order valence-electron chi connectivity index (χ0n) is 13.8. The SMILES string of the molecule is COc1ccc(C=CC(=O)Oc2c([N+](=O)[O-])ccc3cccnc23)cc1. The van der Waals surface area contributed by atoms with E-state index < -0.39 is 10.9 Å². The van der Waals surface area contributed by atoms with Gasteiger partial charge in [0, 0.05) is 23.7 Å². The van der Waals surface area contributed by atoms with Crippen molar-refractivity contribution < 1.29 is 19.2 Å². The van der Waals surface area contributed by atoms with Crippen LogP contribution < -0.4 is 9.47 Å². The quantitative estimate of drug-likeness (QED) is 0.229. The highest BCUT2D eigenvalue weighted by Gasteiger charge is 2.21. The molecule has 1 heterocycles. The summed E-state index contributed by atoms with van der Waals surface area (Å²) in [5.41, 5.74) is 0.698. The fraction of sp³-hybridized carbons (Fsp3) is 0.0526. The van der Waals surface area contributed by atoms with Crippen molar-refractivity contribution in [3.05, 3.63) is 76.5 Å². The summed E-state index contributed by atoms with van der Waals surface area (Å²) in [5.74, 6) is -0.207. The van der Waals surface area contributed by atoms with E-state index in [0.717, 1.165) is 5.56 Å². The molecule has 2 aromatic carbocycles. The Bertz CT molecular complexity index is 996. The van der Waals surface area contributed by atoms with E-state index in [9.17, 15) is 14.9 Å². The Labute approximate surface area is 148 Å². The number of benzene rings is 2. The summed E-state index contributed by atoms with van der Waals surface area (Å²) >= 11 is 0. The highest BCUT2D eigenvalue weighted by atomic mass is 16.6. The fourth-order valence-electron chi connectivity index (χ4n) is 2.37. The predicted molar refractivity (Wildman–Crippen MR) is 96.1 cm³/mol. The lowest BCUT2D eigenvalue weighted by Crippen LogP contribution is -2.07. The van der Waals surface area contributed by atoms with Crippen molar-refractivity contribution in [2.75, 3.05) is 7.11 Å². The second kappa shape index (κ2) is 7.43. The number of nitrogens with zero attached hydrogens (tertiary/aromatic N) is 2. The van der Waals surface area contributed by atoms with Crippen LogP contribution in [0, 0.1) is 10.1 Å². The molecule has 3 aromatic rings. The Balaban J connectivity index is 1.87. The average Bonchev–Trinajstić information content (AvgIpc) is 2.66. The molecule has 0 aliphatic rings. The Morgan fingerprint density at radius 2 is 1.92 bits per heavy atom. The zero-order chi connectivity index (χ0) is 18.5. The number of methoxy groups -OCH3 is 1. The van der Waals surface area contributed by atoms with E-state index in [1.807, 2.05) is 0 Å². The molecular weight excluding hydrogens is 336 g/mol. The minimum Gasteiger partial charge on any atom is -0.497 e. The van der Waals surface area contributed by atoms with E-state index in [1.54, 1.807) is 55.7 Å². The first-order valence-electron chi connectivity index (χ1n) is 7.64. The highest BCUT2D eigenvalue weighted by molar-refractivity contribution is 5.94. The fourth-order valence-corrected chi connectivity index (χ4v) is 2.37. The summed E-state index contributed by atoms with van der Waals surface area (Å²) in [6.07, 6.45) is 4.23. The Morgan fingerprint density at radius 1 is 1.15 bits per heavy atom. The molecule has 0 bridgehead atoms. The van der Waals surface area contributed by atoms with Gasteiger partial charge in [-0.1, -0.05) is 18.2 Å². The number of rotatable bonds is 5. The van der Waals surface area contributed by atoms with Crippen LogP contribution in [0.2, 0.25) is 0 Å². The molecule has 0 aliphatic heterocycles. The first-order valence-corrected chi connectivity index (χ1v) is 7.64. The van der Waals surface area contributed by atoms with Crippen molar-refractivity contribution in [1.29, 1.82) is 0 Å². The van der Waals surface area contributed by atoms with Gasteiger partial charge in [-0.15, -0.1) is 0 Å². The smallest absolute Gasteiger partial charge is 0.336 e. The third kappa shape index (κ3) is 3.67. The number of fused-ring (bicyclic) bond motifs is 1. The van der Waals surface area contributed by atoms with E-state index >= 15 is 0 Å². The van der Waals surface area contributed by atoms with Gasteiger partial charge in [0.15, 0.2) is 0 Å². The molecule has 0 saturated carbocycles. The average molecular weight is 350 g/mol. The number of pyridine rings is 1. The van der Waals surface area contributed by atoms with Crippen molar-refractivity contribution in [3.63, 3.8) is 0 Å². The number of ether oxygens (including phenoxy) is 2. The van der Waals surface area contributed by atoms with Crippen LogP contribution in [-0.4, -0.2) is 23.0 Å². The van der Waals surface area contributed by atoms with Gasteiger partial charge in [-0.2, -0.15) is 0 Å². The number of hydrogen-bond donors (Lipinski definition) is 0. The van der Waals surface area contributed by atoms with Crippen LogP contribution in [0.25, 0.3) is 17.0 Å². The number of nitro groups is 1. The zero-order valence-corrected chi connectivity index (χ0v) is 13.8. The molecule has 1 aromatic heterocycles. The Kier molecular flexibility index (Phi) is 4.89. The molecule has 0 N–H and O–H groups in total. The predicted octanol–water partition coefficient (Wildman–Crippen LogP) is 3.77. The molecule has 7 heteroatoms. The van der Waals surface area contributed by atoms with Crippen LogP contribution in [-0.2, 0) is 4.79 Å². The largest absolute Gasteiger partial charge is 0.497 e. The van der Waals surface area contributed by atoms with E-state index in [4.69, 9.17) is 9.47 Å². The van der Waals surface area contributed by atoms with Crippen molar-refractivity contribution in [2.45, 2.75) is 0 Å². The van der Waals surface area contributed by atoms with Gasteiger partial charge in [-0.3, -0.25) is 15.1 Å². The van der Waals surface area contributed by atoms with Gasteiger partial charge in [0.25, 0.3) is 0 Å². The maximum Gasteiger partial charge on any atom is 0.336 e. The van der Waals surface area contributed by atoms with Gasteiger partial charge in [-0.05, 0) is 35.9 Å². The molecular formula is C19H14N2O5. The standard InChI is InChI=1S/C19H14N2O5/c1-25-15-8-4-13(5-9-15)6-11-17(22)26-19-16(21(23)24)10-7-14-3-2-12-20-18(14)19/h2-12H,1H3. The number of aromatic nitrogens is 1. The van der Waals surface area contributed by atoms with Crippen molar-refractivity contribution in [3.8, 4) is 11.5 Å². The summed E-state index contributed by atoms with van der Waals surface area (Å²) < 4.78 is 10.3. The first-order chi connectivity index (χ1) is 12.6. The maximum atomic E-state index is 12.1. The molecule has 0 amide bonds. The summed E-state index contributed by atoms with van der Waals surface area (Å²) in [6, 6.07) is 13.3. The van der Waals surface area contributed by atoms with E-state index in [1.165, 1.54) is 18.3 Å². The molecule has 7 nitrogen and oxygen atoms in total. The van der Waals surface area contributed by atoms with Gasteiger partial charge in [0.2, 0.25) is 5.75 Å². The number of hydrogen-bond acceptors (Lipinski definition) is 6. The third-order valence-corrected chi connectivity index (χ3v) is 3.63. The molecule has 0 saturated heterocycles. The first kappa shape index (κ1) is 17.1. The van der Waals surface area contributed by atoms with Gasteiger partial charge in [0.1, 0.15) is 11.3 Å². The summed E-state index contributed by atoms with van der Waals surface area (Å²) in [6.45, 7) is 0. The molecule has 0 unspecified atom stereocenters. The van der Waals surface area contributed by atoms with Gasteiger partial charge in [0.05, 0.1) is 12.0 Å². The molecule has 3 rings (SSSR count). The minimum absolute atomic E-state index is 0.169. The second-order valence-corrected chi connectivity index (χ2v) is 5.27. The molecule has 0 fully saturated rings. The van der Waals surface area contributed by atoms with Crippen molar-refractivity contribution in [1.82, 2.24) is 4.98 Å². The molecule has 26 heavy (non-hydrogen) atoms. The Hall–Kier alpha value is -3.74. The Morgan fingerprint density at radius 3 is 2.62 bits per heavy atom. The highest BCUT2D eigenvalue weighted by Crippen LogP contribution is 2.34. The van der Waals surface area contributed by atoms with Crippen LogP contribution in [0.4, 0.5) is 5.69 Å². The van der Waals surface area contributed by atoms with Gasteiger partial charge in [-0.25, -0.2) is 4.79 Å². The summed E-state index contributed by atoms with van der Waals surface area (Å²) in [5, 5.41) is 11.9. The maximum absolute atomic E-state index is 12.1. The van der Waals surface area contributed by atoms with Crippen LogP contribution in [0.1, 0.15) is 5.56 Å². The van der Waals surface area contributed by atoms with E-state index in [0.29, 0.717) is 11.1 Å². The van der Waals surface area contributed by atoms with Crippen LogP contribution >= 0.6 is 0 Å². The number of esters is 1. The topological polar surface area (TPSA) is 91.6 Å². The number of carbonyl (C=O) groups excluding carboxylic acids is 1. The second-order valence-electron chi connectivity index (χ2n) is 5.27. The van der Waals surface area contributed by atoms with Crippen molar-refractivity contribution in [2.24, 2.45) is 0 Å².